The first kappa shape index (κ1) is 13.7. The molecule has 2 N–H and O–H groups in total. The van der Waals surface area contributed by atoms with E-state index in [4.69, 9.17) is 10.5 Å². The van der Waals surface area contributed by atoms with E-state index in [0.29, 0.717) is 0 Å². The first-order chi connectivity index (χ1) is 9.15. The summed E-state index contributed by atoms with van der Waals surface area (Å²) in [6.45, 7) is -0.608. The van der Waals surface area contributed by atoms with Gasteiger partial charge in [-0.2, -0.15) is 5.10 Å². The van der Waals surface area contributed by atoms with Crippen LogP contribution in [0.1, 0.15) is 11.7 Å². The van der Waals surface area contributed by atoms with E-state index in [2.05, 4.69) is 5.10 Å². The highest BCUT2D eigenvalue weighted by Gasteiger charge is 2.19. The number of ether oxygens (including phenoxy) is 1. The van der Waals surface area contributed by atoms with Gasteiger partial charge in [0.1, 0.15) is 6.67 Å². The van der Waals surface area contributed by atoms with Crippen molar-refractivity contribution in [2.75, 3.05) is 13.8 Å². The summed E-state index contributed by atoms with van der Waals surface area (Å²) in [5, 5.41) is 4.13. The molecule has 2 rings (SSSR count). The first-order valence-corrected chi connectivity index (χ1v) is 6.09. The number of rotatable bonds is 5. The van der Waals surface area contributed by atoms with Crippen LogP contribution in [0.15, 0.2) is 36.7 Å². The van der Waals surface area contributed by atoms with Crippen LogP contribution in [0.3, 0.4) is 0 Å². The molecule has 0 aliphatic heterocycles. The quantitative estimate of drug-likeness (QED) is 0.898. The van der Waals surface area contributed by atoms with Crippen molar-refractivity contribution in [2.24, 2.45) is 12.8 Å². The van der Waals surface area contributed by atoms with Crippen molar-refractivity contribution in [1.82, 2.24) is 9.78 Å². The zero-order valence-corrected chi connectivity index (χ0v) is 11.1. The fourth-order valence-corrected chi connectivity index (χ4v) is 2.07. The van der Waals surface area contributed by atoms with Gasteiger partial charge in [-0.1, -0.05) is 24.3 Å². The summed E-state index contributed by atoms with van der Waals surface area (Å²) in [4.78, 5) is 0. The lowest BCUT2D eigenvalue weighted by Crippen LogP contribution is -2.31. The molecule has 0 unspecified atom stereocenters. The van der Waals surface area contributed by atoms with E-state index in [1.165, 1.54) is 7.11 Å². The summed E-state index contributed by atoms with van der Waals surface area (Å²) in [6, 6.07) is 7.10. The molecule has 0 spiro atoms. The minimum atomic E-state index is -0.644. The van der Waals surface area contributed by atoms with E-state index in [9.17, 15) is 4.39 Å². The van der Waals surface area contributed by atoms with Gasteiger partial charge in [0.2, 0.25) is 0 Å². The first-order valence-electron chi connectivity index (χ1n) is 6.09. The van der Waals surface area contributed by atoms with Gasteiger partial charge in [-0.15, -0.1) is 0 Å². The monoisotopic (exact) mass is 263 g/mol. The highest BCUT2D eigenvalue weighted by Crippen LogP contribution is 2.24. The van der Waals surface area contributed by atoms with Gasteiger partial charge in [-0.05, 0) is 11.1 Å². The van der Waals surface area contributed by atoms with Gasteiger partial charge in [0.25, 0.3) is 0 Å². The molecule has 1 aromatic heterocycles. The SMILES string of the molecule is CO[C@H](c1ccc(-c2cnn(C)c2)cc1)[C@H](N)CF. The van der Waals surface area contributed by atoms with Crippen molar-refractivity contribution in [3.63, 3.8) is 0 Å². The van der Waals surface area contributed by atoms with Crippen molar-refractivity contribution in [3.8, 4) is 11.1 Å². The summed E-state index contributed by atoms with van der Waals surface area (Å²) < 4.78 is 19.6. The second-order valence-corrected chi connectivity index (χ2v) is 4.50. The van der Waals surface area contributed by atoms with Crippen molar-refractivity contribution < 1.29 is 9.13 Å². The second-order valence-electron chi connectivity index (χ2n) is 4.50. The van der Waals surface area contributed by atoms with Gasteiger partial charge in [0.15, 0.2) is 0 Å². The Bertz CT molecular complexity index is 524. The van der Waals surface area contributed by atoms with Crippen LogP contribution in [0.5, 0.6) is 0 Å². The Kier molecular flexibility index (Phi) is 4.29. The standard InChI is InChI=1S/C14H18FN3O/c1-18-9-12(8-17-18)10-3-5-11(6-4-10)14(19-2)13(16)7-15/h3-6,8-9,13-14H,7,16H2,1-2H3/t13-,14-/m1/s1. The van der Waals surface area contributed by atoms with E-state index in [-0.39, 0.29) is 0 Å². The normalized spacial score (nSPS) is 14.3. The van der Waals surface area contributed by atoms with E-state index in [1.54, 1.807) is 10.9 Å². The minimum Gasteiger partial charge on any atom is -0.375 e. The van der Waals surface area contributed by atoms with Gasteiger partial charge in [0.05, 0.1) is 18.3 Å². The van der Waals surface area contributed by atoms with Crippen LogP contribution in [-0.2, 0) is 11.8 Å². The zero-order chi connectivity index (χ0) is 13.8. The third-order valence-corrected chi connectivity index (χ3v) is 3.10. The van der Waals surface area contributed by atoms with E-state index >= 15 is 0 Å². The second kappa shape index (κ2) is 5.95. The molecule has 1 aromatic carbocycles. The van der Waals surface area contributed by atoms with Gasteiger partial charge in [-0.25, -0.2) is 4.39 Å². The lowest BCUT2D eigenvalue weighted by atomic mass is 10.0. The summed E-state index contributed by atoms with van der Waals surface area (Å²) >= 11 is 0. The molecule has 19 heavy (non-hydrogen) atoms. The molecule has 1 heterocycles. The van der Waals surface area contributed by atoms with Gasteiger partial charge < -0.3 is 10.5 Å². The summed E-state index contributed by atoms with van der Waals surface area (Å²) in [5.41, 5.74) is 8.67. The number of methoxy groups -OCH3 is 1. The maximum atomic E-state index is 12.6. The average molecular weight is 263 g/mol. The highest BCUT2D eigenvalue weighted by atomic mass is 19.1. The Morgan fingerprint density at radius 2 is 2.00 bits per heavy atom. The van der Waals surface area contributed by atoms with Crippen LogP contribution in [0.25, 0.3) is 11.1 Å². The predicted molar refractivity (Wildman–Crippen MR) is 72.3 cm³/mol. The number of aromatic nitrogens is 2. The molecular weight excluding hydrogens is 245 g/mol. The number of nitrogens with two attached hydrogens (primary N) is 1. The molecule has 0 fully saturated rings. The number of nitrogens with zero attached hydrogens (tertiary/aromatic N) is 2. The Balaban J connectivity index is 2.22. The molecule has 4 nitrogen and oxygen atoms in total. The van der Waals surface area contributed by atoms with Crippen molar-refractivity contribution >= 4 is 0 Å². The van der Waals surface area contributed by atoms with Crippen LogP contribution in [-0.4, -0.2) is 29.6 Å². The smallest absolute Gasteiger partial charge is 0.107 e. The van der Waals surface area contributed by atoms with E-state index < -0.39 is 18.8 Å². The summed E-state index contributed by atoms with van der Waals surface area (Å²) in [6.07, 6.45) is 3.32. The molecule has 0 aliphatic rings. The molecular formula is C14H18FN3O. The van der Waals surface area contributed by atoms with Crippen LogP contribution in [0, 0.1) is 0 Å². The number of aryl methyl sites for hydroxylation is 1. The molecule has 0 amide bonds. The van der Waals surface area contributed by atoms with Crippen LogP contribution >= 0.6 is 0 Å². The number of halogens is 1. The Hall–Kier alpha value is -1.72. The van der Waals surface area contributed by atoms with Crippen molar-refractivity contribution in [2.45, 2.75) is 12.1 Å². The van der Waals surface area contributed by atoms with E-state index in [0.717, 1.165) is 16.7 Å². The lowest BCUT2D eigenvalue weighted by molar-refractivity contribution is 0.0721. The Labute approximate surface area is 112 Å². The minimum absolute atomic E-state index is 0.423. The fraction of sp³-hybridized carbons (Fsp3) is 0.357. The number of hydrogen-bond acceptors (Lipinski definition) is 3. The molecule has 0 saturated carbocycles. The molecule has 0 aliphatic carbocycles. The zero-order valence-electron chi connectivity index (χ0n) is 11.1. The number of benzene rings is 1. The van der Waals surface area contributed by atoms with Gasteiger partial charge >= 0.3 is 0 Å². The highest BCUT2D eigenvalue weighted by molar-refractivity contribution is 5.62. The third kappa shape index (κ3) is 3.00. The summed E-state index contributed by atoms with van der Waals surface area (Å²) in [5.74, 6) is 0. The van der Waals surface area contributed by atoms with E-state index in [1.807, 2.05) is 37.5 Å². The maximum absolute atomic E-state index is 12.6. The number of hydrogen-bond donors (Lipinski definition) is 1. The molecule has 5 heteroatoms. The van der Waals surface area contributed by atoms with Crippen LogP contribution in [0.4, 0.5) is 4.39 Å². The van der Waals surface area contributed by atoms with Crippen molar-refractivity contribution in [1.29, 1.82) is 0 Å². The van der Waals surface area contributed by atoms with Crippen LogP contribution < -0.4 is 5.73 Å². The van der Waals surface area contributed by atoms with Crippen molar-refractivity contribution in [3.05, 3.63) is 42.2 Å². The lowest BCUT2D eigenvalue weighted by Gasteiger charge is -2.20. The molecule has 2 aromatic rings. The average Bonchev–Trinajstić information content (AvgIpc) is 2.87. The molecule has 102 valence electrons. The molecule has 0 radical (unpaired) electrons. The Morgan fingerprint density at radius 3 is 2.47 bits per heavy atom. The predicted octanol–water partition coefficient (Wildman–Crippen LogP) is 2.07. The fourth-order valence-electron chi connectivity index (χ4n) is 2.07. The molecule has 2 atom stereocenters. The Morgan fingerprint density at radius 1 is 1.32 bits per heavy atom. The topological polar surface area (TPSA) is 53.1 Å². The van der Waals surface area contributed by atoms with Gasteiger partial charge in [0, 0.05) is 25.9 Å². The summed E-state index contributed by atoms with van der Waals surface area (Å²) in [7, 11) is 3.41. The number of alkyl halides is 1. The maximum Gasteiger partial charge on any atom is 0.107 e. The third-order valence-electron chi connectivity index (χ3n) is 3.10. The van der Waals surface area contributed by atoms with Crippen LogP contribution in [0.2, 0.25) is 0 Å². The van der Waals surface area contributed by atoms with Gasteiger partial charge in [-0.3, -0.25) is 4.68 Å². The largest absolute Gasteiger partial charge is 0.375 e. The molecule has 0 saturated heterocycles. The molecule has 0 bridgehead atoms.